The topological polar surface area (TPSA) is 50.5 Å². The summed E-state index contributed by atoms with van der Waals surface area (Å²) < 4.78 is 2.13. The molecule has 5 nitrogen and oxygen atoms in total. The fourth-order valence-electron chi connectivity index (χ4n) is 2.83. The molecule has 4 rings (SSSR count). The maximum Gasteiger partial charge on any atom is 0.289 e. The molecule has 1 amide bonds. The highest BCUT2D eigenvalue weighted by molar-refractivity contribution is 7.23. The summed E-state index contributed by atoms with van der Waals surface area (Å²) in [6.45, 7) is 3.51. The molecule has 0 saturated carbocycles. The van der Waals surface area contributed by atoms with E-state index in [1.807, 2.05) is 30.3 Å². The van der Waals surface area contributed by atoms with Crippen LogP contribution in [-0.2, 0) is 0 Å². The van der Waals surface area contributed by atoms with Crippen LogP contribution in [0.15, 0.2) is 42.5 Å². The number of anilines is 1. The van der Waals surface area contributed by atoms with Crippen LogP contribution in [0, 0.1) is 6.92 Å². The zero-order chi connectivity index (χ0) is 19.0. The largest absolute Gasteiger partial charge is 0.338 e. The number of thiazole rings is 2. The number of nitrogens with one attached hydrogen (secondary N) is 1. The molecule has 0 unspecified atom stereocenters. The van der Waals surface area contributed by atoms with Gasteiger partial charge in [0.2, 0.25) is 0 Å². The zero-order valence-electron chi connectivity index (χ0n) is 15.5. The van der Waals surface area contributed by atoms with E-state index >= 15 is 0 Å². The summed E-state index contributed by atoms with van der Waals surface area (Å²) >= 11 is 3.00. The van der Waals surface area contributed by atoms with Crippen LogP contribution in [0.1, 0.15) is 15.4 Å². The summed E-state index contributed by atoms with van der Waals surface area (Å²) in [4.78, 5) is 25.6. The molecule has 0 spiro atoms. The average Bonchev–Trinajstić information content (AvgIpc) is 3.24. The van der Waals surface area contributed by atoms with E-state index in [1.165, 1.54) is 21.8 Å². The van der Waals surface area contributed by atoms with Crippen LogP contribution in [0.3, 0.4) is 0 Å². The smallest absolute Gasteiger partial charge is 0.289 e. The molecule has 7 heteroatoms. The molecule has 2 heterocycles. The molecule has 0 aliphatic carbocycles. The van der Waals surface area contributed by atoms with Gasteiger partial charge >= 0.3 is 0 Å². The number of aromatic nitrogens is 2. The second-order valence-electron chi connectivity index (χ2n) is 6.87. The minimum absolute atomic E-state index is 0.0757. The van der Waals surface area contributed by atoms with E-state index < -0.39 is 0 Å². The first-order chi connectivity index (χ1) is 13.0. The number of carbonyl (C=O) groups excluding carboxylic acids is 1. The van der Waals surface area contributed by atoms with Crippen molar-refractivity contribution in [1.82, 2.24) is 9.97 Å². The maximum atomic E-state index is 13.3. The Hall–Kier alpha value is -2.35. The standard InChI is InChI=1S/C20H20N4OS2/c1-13-8-9-15-17(12-13)27-20(22-15)24(11-10-23(2)3)19(25)18-21-14-6-4-5-7-16(14)26-18/h4-9,12H,10-11H2,1-3H3/p+1. The normalized spacial score (nSPS) is 11.6. The van der Waals surface area contributed by atoms with Crippen molar-refractivity contribution >= 4 is 54.1 Å². The molecular formula is C20H21N4OS2+. The van der Waals surface area contributed by atoms with Gasteiger partial charge in [-0.2, -0.15) is 0 Å². The van der Waals surface area contributed by atoms with Gasteiger partial charge in [0.25, 0.3) is 5.91 Å². The highest BCUT2D eigenvalue weighted by Crippen LogP contribution is 2.31. The Morgan fingerprint density at radius 2 is 1.81 bits per heavy atom. The second-order valence-corrected chi connectivity index (χ2v) is 8.91. The Balaban J connectivity index is 1.73. The third kappa shape index (κ3) is 3.71. The Morgan fingerprint density at radius 3 is 2.59 bits per heavy atom. The number of rotatable bonds is 5. The molecule has 0 fully saturated rings. The van der Waals surface area contributed by atoms with Crippen molar-refractivity contribution in [3.05, 3.63) is 53.0 Å². The van der Waals surface area contributed by atoms with Gasteiger partial charge < -0.3 is 4.90 Å². The Kier molecular flexibility index (Phi) is 4.90. The minimum Gasteiger partial charge on any atom is -0.338 e. The zero-order valence-corrected chi connectivity index (χ0v) is 17.2. The van der Waals surface area contributed by atoms with Gasteiger partial charge in [0, 0.05) is 0 Å². The molecule has 0 aliphatic heterocycles. The fourth-order valence-corrected chi connectivity index (χ4v) is 4.84. The lowest BCUT2D eigenvalue weighted by Gasteiger charge is -2.19. The Labute approximate surface area is 165 Å². The number of amides is 1. The number of hydrogen-bond donors (Lipinski definition) is 1. The van der Waals surface area contributed by atoms with Gasteiger partial charge in [-0.15, -0.1) is 11.3 Å². The van der Waals surface area contributed by atoms with Crippen molar-refractivity contribution in [3.8, 4) is 0 Å². The molecule has 2 aromatic carbocycles. The highest BCUT2D eigenvalue weighted by atomic mass is 32.1. The van der Waals surface area contributed by atoms with Gasteiger partial charge in [0.1, 0.15) is 0 Å². The SMILES string of the molecule is Cc1ccc2nc(N(CC[NH+](C)C)C(=O)c3nc4ccccc4s3)sc2c1. The van der Waals surface area contributed by atoms with Crippen molar-refractivity contribution in [3.63, 3.8) is 0 Å². The number of benzene rings is 2. The van der Waals surface area contributed by atoms with Crippen LogP contribution in [-0.4, -0.2) is 43.1 Å². The predicted octanol–water partition coefficient (Wildman–Crippen LogP) is 3.01. The Bertz CT molecular complexity index is 1080. The molecular weight excluding hydrogens is 376 g/mol. The summed E-state index contributed by atoms with van der Waals surface area (Å²) in [6, 6.07) is 14.0. The predicted molar refractivity (Wildman–Crippen MR) is 113 cm³/mol. The first-order valence-corrected chi connectivity index (χ1v) is 10.5. The van der Waals surface area contributed by atoms with E-state index in [0.717, 1.165) is 32.1 Å². The summed E-state index contributed by atoms with van der Waals surface area (Å²) in [5.41, 5.74) is 2.99. The van der Waals surface area contributed by atoms with Crippen molar-refractivity contribution in [2.45, 2.75) is 6.92 Å². The lowest BCUT2D eigenvalue weighted by molar-refractivity contribution is -0.856. The van der Waals surface area contributed by atoms with E-state index in [0.29, 0.717) is 11.6 Å². The number of quaternary nitrogens is 1. The van der Waals surface area contributed by atoms with Gasteiger partial charge in [0.15, 0.2) is 10.1 Å². The Morgan fingerprint density at radius 1 is 1.04 bits per heavy atom. The molecule has 0 atom stereocenters. The van der Waals surface area contributed by atoms with E-state index in [1.54, 1.807) is 16.2 Å². The van der Waals surface area contributed by atoms with Gasteiger partial charge in [-0.1, -0.05) is 29.5 Å². The lowest BCUT2D eigenvalue weighted by Crippen LogP contribution is -3.06. The van der Waals surface area contributed by atoms with Gasteiger partial charge in [-0.25, -0.2) is 9.97 Å². The third-order valence-electron chi connectivity index (χ3n) is 4.32. The molecule has 0 radical (unpaired) electrons. The number of para-hydroxylation sites is 1. The van der Waals surface area contributed by atoms with E-state index in [4.69, 9.17) is 4.98 Å². The molecule has 1 N–H and O–H groups in total. The molecule has 2 aromatic heterocycles. The first kappa shape index (κ1) is 18.0. The number of hydrogen-bond acceptors (Lipinski definition) is 5. The molecule has 138 valence electrons. The number of carbonyl (C=O) groups is 1. The van der Waals surface area contributed by atoms with Crippen molar-refractivity contribution < 1.29 is 9.69 Å². The van der Waals surface area contributed by atoms with E-state index in [9.17, 15) is 4.79 Å². The van der Waals surface area contributed by atoms with Crippen LogP contribution < -0.4 is 9.80 Å². The van der Waals surface area contributed by atoms with Crippen molar-refractivity contribution in [2.24, 2.45) is 0 Å². The lowest BCUT2D eigenvalue weighted by atomic mass is 10.2. The second kappa shape index (κ2) is 7.34. The van der Waals surface area contributed by atoms with E-state index in [-0.39, 0.29) is 5.91 Å². The number of aryl methyl sites for hydroxylation is 1. The molecule has 4 aromatic rings. The highest BCUT2D eigenvalue weighted by Gasteiger charge is 2.25. The molecule has 27 heavy (non-hydrogen) atoms. The average molecular weight is 398 g/mol. The van der Waals surface area contributed by atoms with Crippen LogP contribution in [0.4, 0.5) is 5.13 Å². The minimum atomic E-state index is -0.0757. The van der Waals surface area contributed by atoms with Crippen LogP contribution in [0.25, 0.3) is 20.4 Å². The molecule has 0 bridgehead atoms. The number of likely N-dealkylation sites (N-methyl/N-ethyl adjacent to an activating group) is 1. The van der Waals surface area contributed by atoms with Gasteiger partial charge in [0.05, 0.1) is 47.6 Å². The maximum absolute atomic E-state index is 13.3. The van der Waals surface area contributed by atoms with E-state index in [2.05, 4.69) is 38.1 Å². The summed E-state index contributed by atoms with van der Waals surface area (Å²) in [5.74, 6) is -0.0757. The molecule has 0 aliphatic rings. The van der Waals surface area contributed by atoms with Gasteiger partial charge in [-0.05, 0) is 36.8 Å². The summed E-state index contributed by atoms with van der Waals surface area (Å²) in [7, 11) is 4.17. The fraction of sp³-hybridized carbons (Fsp3) is 0.250. The number of fused-ring (bicyclic) bond motifs is 2. The van der Waals surface area contributed by atoms with Crippen LogP contribution >= 0.6 is 22.7 Å². The third-order valence-corrected chi connectivity index (χ3v) is 6.39. The first-order valence-electron chi connectivity index (χ1n) is 8.85. The van der Waals surface area contributed by atoms with Crippen molar-refractivity contribution in [1.29, 1.82) is 0 Å². The quantitative estimate of drug-likeness (QED) is 0.563. The van der Waals surface area contributed by atoms with Crippen molar-refractivity contribution in [2.75, 3.05) is 32.1 Å². The summed E-state index contributed by atoms with van der Waals surface area (Å²) in [6.07, 6.45) is 0. The number of nitrogens with zero attached hydrogens (tertiary/aromatic N) is 3. The molecule has 0 saturated heterocycles. The monoisotopic (exact) mass is 397 g/mol. The van der Waals surface area contributed by atoms with Crippen LogP contribution in [0.5, 0.6) is 0 Å². The summed E-state index contributed by atoms with van der Waals surface area (Å²) in [5, 5.41) is 1.25. The van der Waals surface area contributed by atoms with Crippen LogP contribution in [0.2, 0.25) is 0 Å². The van der Waals surface area contributed by atoms with Gasteiger partial charge in [-0.3, -0.25) is 9.69 Å².